The Kier molecular flexibility index (Phi) is 10.3. The largest absolute Gasteiger partial charge is 0.412 e. The molecule has 3 rings (SSSR count). The molecular formula is C20H26Cl2N2O3S. The van der Waals surface area contributed by atoms with Crippen molar-refractivity contribution in [2.75, 3.05) is 41.3 Å². The third-order valence-electron chi connectivity index (χ3n) is 4.03. The summed E-state index contributed by atoms with van der Waals surface area (Å²) in [6.07, 6.45) is 0. The highest BCUT2D eigenvalue weighted by molar-refractivity contribution is 7.25. The lowest BCUT2D eigenvalue weighted by atomic mass is 10.0. The summed E-state index contributed by atoms with van der Waals surface area (Å²) in [4.78, 5) is 28.5. The van der Waals surface area contributed by atoms with Crippen LogP contribution in [0.15, 0.2) is 36.4 Å². The maximum Gasteiger partial charge on any atom is 0.176 e. The monoisotopic (exact) mass is 444 g/mol. The van der Waals surface area contributed by atoms with Crippen LogP contribution in [0.5, 0.6) is 0 Å². The fraction of sp³-hybridized carbons (Fsp3) is 0.300. The number of Topliss-reactive ketones (excluding diaryl/α,β-unsaturated/α-hetero) is 2. The van der Waals surface area contributed by atoms with E-state index in [2.05, 4.69) is 0 Å². The molecular weight excluding hydrogens is 419 g/mol. The molecule has 0 bridgehead atoms. The predicted octanol–water partition coefficient (Wildman–Crippen LogP) is 3.56. The summed E-state index contributed by atoms with van der Waals surface area (Å²) in [7, 11) is 7.55. The molecule has 1 heterocycles. The molecule has 2 aromatic carbocycles. The zero-order valence-corrected chi connectivity index (χ0v) is 18.8. The molecule has 0 atom stereocenters. The van der Waals surface area contributed by atoms with Gasteiger partial charge in [-0.1, -0.05) is 0 Å². The second kappa shape index (κ2) is 10.9. The van der Waals surface area contributed by atoms with Crippen molar-refractivity contribution in [3.63, 3.8) is 0 Å². The first kappa shape index (κ1) is 26.5. The van der Waals surface area contributed by atoms with E-state index in [1.54, 1.807) is 11.3 Å². The molecule has 8 heteroatoms. The van der Waals surface area contributed by atoms with E-state index in [9.17, 15) is 9.59 Å². The molecule has 1 aromatic heterocycles. The third-order valence-corrected chi connectivity index (χ3v) is 5.18. The van der Waals surface area contributed by atoms with Gasteiger partial charge in [-0.15, -0.1) is 36.2 Å². The molecule has 154 valence electrons. The number of carbonyl (C=O) groups is 2. The van der Waals surface area contributed by atoms with E-state index in [1.807, 2.05) is 74.4 Å². The molecule has 0 spiro atoms. The average molecular weight is 445 g/mol. The van der Waals surface area contributed by atoms with Gasteiger partial charge < -0.3 is 15.3 Å². The van der Waals surface area contributed by atoms with E-state index in [-0.39, 0.29) is 41.9 Å². The van der Waals surface area contributed by atoms with Crippen molar-refractivity contribution >= 4 is 67.9 Å². The van der Waals surface area contributed by atoms with E-state index in [0.717, 1.165) is 20.2 Å². The van der Waals surface area contributed by atoms with Crippen LogP contribution in [0.4, 0.5) is 0 Å². The number of rotatable bonds is 6. The third kappa shape index (κ3) is 5.73. The van der Waals surface area contributed by atoms with Crippen molar-refractivity contribution in [3.8, 4) is 0 Å². The zero-order valence-electron chi connectivity index (χ0n) is 16.3. The van der Waals surface area contributed by atoms with Crippen LogP contribution in [0.3, 0.4) is 0 Å². The summed E-state index contributed by atoms with van der Waals surface area (Å²) >= 11 is 1.69. The minimum Gasteiger partial charge on any atom is -0.412 e. The van der Waals surface area contributed by atoms with Crippen molar-refractivity contribution in [2.24, 2.45) is 0 Å². The predicted molar refractivity (Wildman–Crippen MR) is 123 cm³/mol. The number of nitrogens with zero attached hydrogens (tertiary/aromatic N) is 2. The summed E-state index contributed by atoms with van der Waals surface area (Å²) in [6, 6.07) is 11.7. The highest BCUT2D eigenvalue weighted by Crippen LogP contribution is 2.35. The molecule has 0 aliphatic heterocycles. The molecule has 0 saturated carbocycles. The molecule has 28 heavy (non-hydrogen) atoms. The van der Waals surface area contributed by atoms with Crippen LogP contribution in [0, 0.1) is 0 Å². The minimum absolute atomic E-state index is 0. The molecule has 0 amide bonds. The Hall–Kier alpha value is -1.54. The standard InChI is InChI=1S/C20H22N2O2S.2ClH.H2O/c1-21(2)11-17(23)13-5-7-19-15(9-13)16-10-14(6-8-20(16)25-19)18(24)12-22(3)4;;;/h5-10H,11-12H2,1-4H3;2*1H;1H2. The van der Waals surface area contributed by atoms with Crippen molar-refractivity contribution in [2.45, 2.75) is 0 Å². The summed E-state index contributed by atoms with van der Waals surface area (Å²) in [5, 5.41) is 2.09. The van der Waals surface area contributed by atoms with Gasteiger partial charge in [0.2, 0.25) is 0 Å². The van der Waals surface area contributed by atoms with Crippen LogP contribution >= 0.6 is 36.2 Å². The number of hydrogen-bond donors (Lipinski definition) is 0. The quantitative estimate of drug-likeness (QED) is 0.544. The number of halogens is 2. The SMILES string of the molecule is CN(C)CC(=O)c1ccc2sc3ccc(C(=O)CN(C)C)cc3c2c1.Cl.Cl.O. The number of fused-ring (bicyclic) bond motifs is 3. The van der Waals surface area contributed by atoms with Gasteiger partial charge in [0.15, 0.2) is 11.6 Å². The molecule has 3 aromatic rings. The Morgan fingerprint density at radius 3 is 1.43 bits per heavy atom. The van der Waals surface area contributed by atoms with Gasteiger partial charge in [0.25, 0.3) is 0 Å². The fourth-order valence-corrected chi connectivity index (χ4v) is 3.95. The Bertz CT molecular complexity index is 894. The summed E-state index contributed by atoms with van der Waals surface area (Å²) in [5.74, 6) is 0.206. The van der Waals surface area contributed by atoms with Gasteiger partial charge >= 0.3 is 0 Å². The van der Waals surface area contributed by atoms with E-state index in [4.69, 9.17) is 0 Å². The van der Waals surface area contributed by atoms with Gasteiger partial charge in [0, 0.05) is 31.3 Å². The highest BCUT2D eigenvalue weighted by Gasteiger charge is 2.13. The highest BCUT2D eigenvalue weighted by atomic mass is 35.5. The summed E-state index contributed by atoms with van der Waals surface area (Å²) < 4.78 is 2.27. The molecule has 0 saturated heterocycles. The van der Waals surface area contributed by atoms with Gasteiger partial charge in [-0.3, -0.25) is 9.59 Å². The molecule has 0 unspecified atom stereocenters. The van der Waals surface area contributed by atoms with Crippen molar-refractivity contribution < 1.29 is 15.1 Å². The molecule has 0 radical (unpaired) electrons. The molecule has 0 aliphatic rings. The maximum absolute atomic E-state index is 12.4. The van der Waals surface area contributed by atoms with Crippen LogP contribution in [0.1, 0.15) is 20.7 Å². The zero-order chi connectivity index (χ0) is 18.1. The van der Waals surface area contributed by atoms with Crippen LogP contribution < -0.4 is 0 Å². The normalized spacial score (nSPS) is 10.5. The Morgan fingerprint density at radius 1 is 0.750 bits per heavy atom. The number of ketones is 2. The van der Waals surface area contributed by atoms with Gasteiger partial charge in [0.1, 0.15) is 0 Å². The smallest absolute Gasteiger partial charge is 0.176 e. The van der Waals surface area contributed by atoms with Crippen molar-refractivity contribution in [1.29, 1.82) is 0 Å². The van der Waals surface area contributed by atoms with Crippen LogP contribution in [-0.4, -0.2) is 68.1 Å². The summed E-state index contributed by atoms with van der Waals surface area (Å²) in [6.45, 7) is 0.778. The Labute approximate surface area is 181 Å². The number of carbonyl (C=O) groups excluding carboxylic acids is 2. The first-order valence-electron chi connectivity index (χ1n) is 8.17. The van der Waals surface area contributed by atoms with Crippen molar-refractivity contribution in [3.05, 3.63) is 47.5 Å². The van der Waals surface area contributed by atoms with Gasteiger partial charge in [-0.05, 0) is 64.6 Å². The molecule has 5 nitrogen and oxygen atoms in total. The minimum atomic E-state index is 0. The maximum atomic E-state index is 12.4. The van der Waals surface area contributed by atoms with Crippen LogP contribution in [0.2, 0.25) is 0 Å². The molecule has 0 aliphatic carbocycles. The van der Waals surface area contributed by atoms with E-state index < -0.39 is 0 Å². The fourth-order valence-electron chi connectivity index (χ4n) is 2.88. The topological polar surface area (TPSA) is 72.1 Å². The molecule has 2 N–H and O–H groups in total. The average Bonchev–Trinajstić information content (AvgIpc) is 2.90. The number of benzene rings is 2. The number of likely N-dealkylation sites (N-methyl/N-ethyl adjacent to an activating group) is 2. The lowest BCUT2D eigenvalue weighted by Crippen LogP contribution is -2.21. The first-order valence-corrected chi connectivity index (χ1v) is 8.99. The number of thiophene rings is 1. The lowest BCUT2D eigenvalue weighted by molar-refractivity contribution is 0.0949. The van der Waals surface area contributed by atoms with E-state index >= 15 is 0 Å². The van der Waals surface area contributed by atoms with E-state index in [0.29, 0.717) is 24.2 Å². The van der Waals surface area contributed by atoms with Gasteiger partial charge in [-0.25, -0.2) is 0 Å². The second-order valence-corrected chi connectivity index (χ2v) is 7.93. The molecule has 0 fully saturated rings. The van der Waals surface area contributed by atoms with Gasteiger partial charge in [-0.2, -0.15) is 0 Å². The number of hydrogen-bond acceptors (Lipinski definition) is 5. The van der Waals surface area contributed by atoms with Crippen LogP contribution in [0.25, 0.3) is 20.2 Å². The van der Waals surface area contributed by atoms with Gasteiger partial charge in [0.05, 0.1) is 13.1 Å². The van der Waals surface area contributed by atoms with E-state index in [1.165, 1.54) is 0 Å². The Balaban J connectivity index is 0.00000243. The lowest BCUT2D eigenvalue weighted by Gasteiger charge is -2.09. The van der Waals surface area contributed by atoms with Crippen molar-refractivity contribution in [1.82, 2.24) is 9.80 Å². The van der Waals surface area contributed by atoms with Crippen LogP contribution in [-0.2, 0) is 0 Å². The first-order chi connectivity index (χ1) is 11.8. The second-order valence-electron chi connectivity index (χ2n) is 6.85. The Morgan fingerprint density at radius 2 is 1.11 bits per heavy atom. The summed E-state index contributed by atoms with van der Waals surface area (Å²) in [5.41, 5.74) is 1.43.